The van der Waals surface area contributed by atoms with Gasteiger partial charge in [-0.2, -0.15) is 0 Å². The van der Waals surface area contributed by atoms with Crippen LogP contribution >= 0.6 is 0 Å². The van der Waals surface area contributed by atoms with Crippen LogP contribution in [-0.4, -0.2) is 25.0 Å². The van der Waals surface area contributed by atoms with E-state index >= 15 is 0 Å². The molecule has 0 aromatic rings. The zero-order chi connectivity index (χ0) is 11.0. The molecule has 0 rings (SSSR count). The first-order valence-electron chi connectivity index (χ1n) is 6.24. The van der Waals surface area contributed by atoms with Crippen molar-refractivity contribution in [3.63, 3.8) is 0 Å². The summed E-state index contributed by atoms with van der Waals surface area (Å²) in [5.41, 5.74) is 0. The summed E-state index contributed by atoms with van der Waals surface area (Å²) >= 11 is 0. The minimum atomic E-state index is 0.859. The van der Waals surface area contributed by atoms with Crippen LogP contribution in [-0.2, 0) is 0 Å². The lowest BCUT2D eigenvalue weighted by Gasteiger charge is -2.19. The highest BCUT2D eigenvalue weighted by Crippen LogP contribution is 2.08. The molecule has 1 atom stereocenters. The van der Waals surface area contributed by atoms with Crippen molar-refractivity contribution in [2.75, 3.05) is 20.1 Å². The molecular formula is C13H29N. The van der Waals surface area contributed by atoms with Crippen molar-refractivity contribution < 1.29 is 0 Å². The van der Waals surface area contributed by atoms with Gasteiger partial charge in [-0.05, 0) is 51.2 Å². The van der Waals surface area contributed by atoms with Crippen LogP contribution in [0.1, 0.15) is 53.4 Å². The number of nitrogens with zero attached hydrogens (tertiary/aromatic N) is 1. The van der Waals surface area contributed by atoms with Gasteiger partial charge in [-0.15, -0.1) is 0 Å². The zero-order valence-corrected chi connectivity index (χ0v) is 10.8. The van der Waals surface area contributed by atoms with Gasteiger partial charge in [-0.1, -0.05) is 34.1 Å². The molecule has 0 bridgehead atoms. The van der Waals surface area contributed by atoms with Crippen molar-refractivity contribution in [3.05, 3.63) is 0 Å². The van der Waals surface area contributed by atoms with Crippen molar-refractivity contribution in [1.29, 1.82) is 0 Å². The molecule has 0 spiro atoms. The van der Waals surface area contributed by atoms with Crippen molar-refractivity contribution in [1.82, 2.24) is 4.90 Å². The third-order valence-corrected chi connectivity index (χ3v) is 3.02. The highest BCUT2D eigenvalue weighted by molar-refractivity contribution is 4.57. The smallest absolute Gasteiger partial charge is 0.00193 e. The van der Waals surface area contributed by atoms with E-state index in [1.165, 1.54) is 38.8 Å². The Bertz CT molecular complexity index is 120. The maximum atomic E-state index is 2.48. The lowest BCUT2D eigenvalue weighted by Crippen LogP contribution is -2.22. The van der Waals surface area contributed by atoms with Crippen LogP contribution in [0.5, 0.6) is 0 Å². The van der Waals surface area contributed by atoms with Crippen LogP contribution < -0.4 is 0 Å². The monoisotopic (exact) mass is 199 g/mol. The summed E-state index contributed by atoms with van der Waals surface area (Å²) in [6.45, 7) is 11.8. The topological polar surface area (TPSA) is 3.24 Å². The maximum Gasteiger partial charge on any atom is -0.00193 e. The van der Waals surface area contributed by atoms with Crippen LogP contribution in [0.3, 0.4) is 0 Å². The summed E-state index contributed by atoms with van der Waals surface area (Å²) in [5, 5.41) is 0. The van der Waals surface area contributed by atoms with Crippen LogP contribution in [0.4, 0.5) is 0 Å². The van der Waals surface area contributed by atoms with Gasteiger partial charge in [0.2, 0.25) is 0 Å². The van der Waals surface area contributed by atoms with Gasteiger partial charge < -0.3 is 4.90 Å². The van der Waals surface area contributed by atoms with E-state index in [0.29, 0.717) is 0 Å². The minimum Gasteiger partial charge on any atom is -0.306 e. The fourth-order valence-electron chi connectivity index (χ4n) is 1.53. The van der Waals surface area contributed by atoms with E-state index in [-0.39, 0.29) is 0 Å². The lowest BCUT2D eigenvalue weighted by atomic mass is 10.0. The van der Waals surface area contributed by atoms with E-state index in [1.54, 1.807) is 0 Å². The quantitative estimate of drug-likeness (QED) is 0.575. The van der Waals surface area contributed by atoms with Crippen molar-refractivity contribution >= 4 is 0 Å². The predicted octanol–water partition coefficient (Wildman–Crippen LogP) is 3.79. The summed E-state index contributed by atoms with van der Waals surface area (Å²) in [6, 6.07) is 0. The van der Waals surface area contributed by atoms with E-state index in [4.69, 9.17) is 0 Å². The Morgan fingerprint density at radius 1 is 1.00 bits per heavy atom. The van der Waals surface area contributed by atoms with Crippen molar-refractivity contribution in [2.45, 2.75) is 53.4 Å². The second-order valence-electron chi connectivity index (χ2n) is 5.14. The molecule has 1 unspecified atom stereocenters. The fraction of sp³-hybridized carbons (Fsp3) is 1.00. The van der Waals surface area contributed by atoms with Crippen molar-refractivity contribution in [3.8, 4) is 0 Å². The highest BCUT2D eigenvalue weighted by atomic mass is 15.1. The Morgan fingerprint density at radius 3 is 2.14 bits per heavy atom. The Hall–Kier alpha value is -0.0400. The fourth-order valence-corrected chi connectivity index (χ4v) is 1.53. The van der Waals surface area contributed by atoms with Crippen LogP contribution in [0, 0.1) is 11.8 Å². The van der Waals surface area contributed by atoms with Gasteiger partial charge >= 0.3 is 0 Å². The van der Waals surface area contributed by atoms with Crippen LogP contribution in [0.15, 0.2) is 0 Å². The average Bonchev–Trinajstić information content (AvgIpc) is 2.13. The molecule has 0 saturated heterocycles. The SMILES string of the molecule is CCC(C)CCN(C)CCCC(C)C. The zero-order valence-electron chi connectivity index (χ0n) is 10.8. The second-order valence-corrected chi connectivity index (χ2v) is 5.14. The molecule has 14 heavy (non-hydrogen) atoms. The van der Waals surface area contributed by atoms with Crippen LogP contribution in [0.2, 0.25) is 0 Å². The minimum absolute atomic E-state index is 0.859. The van der Waals surface area contributed by atoms with Gasteiger partial charge in [0.25, 0.3) is 0 Å². The first-order valence-corrected chi connectivity index (χ1v) is 6.24. The van der Waals surface area contributed by atoms with Gasteiger partial charge in [-0.3, -0.25) is 0 Å². The molecule has 0 aliphatic rings. The maximum absolute atomic E-state index is 2.48. The summed E-state index contributed by atoms with van der Waals surface area (Å²) in [7, 11) is 2.25. The normalized spacial score (nSPS) is 13.9. The van der Waals surface area contributed by atoms with Crippen molar-refractivity contribution in [2.24, 2.45) is 11.8 Å². The number of hydrogen-bond acceptors (Lipinski definition) is 1. The summed E-state index contributed by atoms with van der Waals surface area (Å²) in [6.07, 6.45) is 5.40. The summed E-state index contributed by atoms with van der Waals surface area (Å²) < 4.78 is 0. The first-order chi connectivity index (χ1) is 6.56. The van der Waals surface area contributed by atoms with Crippen LogP contribution in [0.25, 0.3) is 0 Å². The van der Waals surface area contributed by atoms with E-state index < -0.39 is 0 Å². The van der Waals surface area contributed by atoms with E-state index in [0.717, 1.165) is 11.8 Å². The largest absolute Gasteiger partial charge is 0.306 e. The van der Waals surface area contributed by atoms with E-state index in [1.807, 2.05) is 0 Å². The van der Waals surface area contributed by atoms with Gasteiger partial charge in [0.05, 0.1) is 0 Å². The van der Waals surface area contributed by atoms with E-state index in [2.05, 4.69) is 39.6 Å². The molecule has 0 radical (unpaired) electrons. The summed E-state index contributed by atoms with van der Waals surface area (Å²) in [4.78, 5) is 2.48. The first kappa shape index (κ1) is 14.0. The molecule has 1 nitrogen and oxygen atoms in total. The lowest BCUT2D eigenvalue weighted by molar-refractivity contribution is 0.291. The molecule has 0 amide bonds. The standard InChI is InChI=1S/C13H29N/c1-6-13(4)9-11-14(5)10-7-8-12(2)3/h12-13H,6-11H2,1-5H3. The molecule has 0 saturated carbocycles. The predicted molar refractivity (Wildman–Crippen MR) is 65.6 cm³/mol. The molecule has 0 aromatic heterocycles. The third kappa shape index (κ3) is 8.55. The van der Waals surface area contributed by atoms with Gasteiger partial charge in [0.15, 0.2) is 0 Å². The third-order valence-electron chi connectivity index (χ3n) is 3.02. The highest BCUT2D eigenvalue weighted by Gasteiger charge is 2.03. The average molecular weight is 199 g/mol. The Labute approximate surface area is 90.9 Å². The Kier molecular flexibility index (Phi) is 8.26. The molecule has 0 aliphatic carbocycles. The Morgan fingerprint density at radius 2 is 1.64 bits per heavy atom. The molecule has 0 fully saturated rings. The molecule has 0 heterocycles. The Balaban J connectivity index is 3.32. The second kappa shape index (κ2) is 8.28. The number of hydrogen-bond donors (Lipinski definition) is 0. The van der Waals surface area contributed by atoms with Gasteiger partial charge in [0, 0.05) is 0 Å². The molecule has 0 N–H and O–H groups in total. The number of rotatable bonds is 8. The molecule has 0 aliphatic heterocycles. The molecular weight excluding hydrogens is 170 g/mol. The van der Waals surface area contributed by atoms with Gasteiger partial charge in [0.1, 0.15) is 0 Å². The molecule has 0 aromatic carbocycles. The van der Waals surface area contributed by atoms with E-state index in [9.17, 15) is 0 Å². The summed E-state index contributed by atoms with van der Waals surface area (Å²) in [5.74, 6) is 1.75. The van der Waals surface area contributed by atoms with Gasteiger partial charge in [-0.25, -0.2) is 0 Å². The molecule has 86 valence electrons. The molecule has 1 heteroatoms.